The third-order valence-corrected chi connectivity index (χ3v) is 7.63. The van der Waals surface area contributed by atoms with Gasteiger partial charge in [0.1, 0.15) is 4.90 Å². The second-order valence-corrected chi connectivity index (χ2v) is 11.2. The van der Waals surface area contributed by atoms with E-state index in [4.69, 9.17) is 0 Å². The molecule has 0 spiro atoms. The van der Waals surface area contributed by atoms with Gasteiger partial charge >= 0.3 is 59.1 Å². The van der Waals surface area contributed by atoms with E-state index in [1.165, 1.54) is 42.5 Å². The first-order valence-electron chi connectivity index (χ1n) is 11.3. The minimum Gasteiger partial charge on any atom is -0.871 e. The molecule has 0 aliphatic carbocycles. The standard InChI is InChI=1S/C26H18N4O8S2.2Na/c31-23-12-10-22(29-27-20-7-3-4-15-8-9-16(14-19(15)20)39(33,34)35)26(32)25(23)30-28-21-11-13-24(40(36,37)38)18-6-2-1-5-17(18)21;;/h1-14,31-32H,(H,33,34,35)(H,36,37,38);;/q;2*+1/p-2. The minimum atomic E-state index is -4.52. The van der Waals surface area contributed by atoms with Gasteiger partial charge in [0.25, 0.3) is 20.2 Å². The second-order valence-electron chi connectivity index (χ2n) is 8.40. The fourth-order valence-corrected chi connectivity index (χ4v) is 5.18. The summed E-state index contributed by atoms with van der Waals surface area (Å²) in [6, 6.07) is 19.6. The topological polar surface area (TPSA) is 204 Å². The van der Waals surface area contributed by atoms with E-state index < -0.39 is 37.4 Å². The van der Waals surface area contributed by atoms with Crippen molar-refractivity contribution < 1.29 is 95.3 Å². The number of hydrogen-bond donors (Lipinski definition) is 2. The third-order valence-electron chi connectivity index (χ3n) is 5.86. The molecule has 0 radical (unpaired) electrons. The molecule has 0 aromatic heterocycles. The summed E-state index contributed by atoms with van der Waals surface area (Å²) in [5, 5.41) is 42.6. The van der Waals surface area contributed by atoms with Crippen molar-refractivity contribution in [1.29, 1.82) is 0 Å². The average molecular weight is 623 g/mol. The Morgan fingerprint density at radius 3 is 1.88 bits per heavy atom. The average Bonchev–Trinajstić information content (AvgIpc) is 2.91. The largest absolute Gasteiger partial charge is 1.00 e. The van der Waals surface area contributed by atoms with Crippen LogP contribution in [-0.2, 0) is 20.2 Å². The molecule has 202 valence electrons. The SMILES string of the molecule is O=S(=O)(O)c1ccc2cccc(N=Nc3ccc([O-])c(N=Nc4ccc(S(=O)(=O)O)c5ccccc45)c3[O-])c2c1.[Na+].[Na+]. The summed E-state index contributed by atoms with van der Waals surface area (Å²) in [6.07, 6.45) is 0. The molecular formula is C26H16N4Na2O8S2. The molecule has 0 saturated heterocycles. The Morgan fingerprint density at radius 1 is 0.571 bits per heavy atom. The molecule has 0 aliphatic heterocycles. The zero-order valence-corrected chi connectivity index (χ0v) is 27.7. The van der Waals surface area contributed by atoms with Crippen LogP contribution in [-0.4, -0.2) is 25.9 Å². The quantitative estimate of drug-likeness (QED) is 0.143. The van der Waals surface area contributed by atoms with Gasteiger partial charge in [-0.3, -0.25) is 9.11 Å². The van der Waals surface area contributed by atoms with Gasteiger partial charge in [0.05, 0.1) is 27.6 Å². The van der Waals surface area contributed by atoms with Crippen LogP contribution in [0, 0.1) is 0 Å². The van der Waals surface area contributed by atoms with Gasteiger partial charge in [0, 0.05) is 16.2 Å². The predicted octanol–water partition coefficient (Wildman–Crippen LogP) is -0.528. The second kappa shape index (κ2) is 13.3. The van der Waals surface area contributed by atoms with E-state index >= 15 is 0 Å². The molecule has 0 unspecified atom stereocenters. The van der Waals surface area contributed by atoms with Gasteiger partial charge in [0.2, 0.25) is 0 Å². The summed E-state index contributed by atoms with van der Waals surface area (Å²) < 4.78 is 65.4. The Hall–Kier alpha value is -2.76. The first-order valence-corrected chi connectivity index (χ1v) is 14.2. The number of benzene rings is 5. The number of fused-ring (bicyclic) bond motifs is 2. The van der Waals surface area contributed by atoms with Crippen molar-refractivity contribution in [3.05, 3.63) is 84.9 Å². The molecule has 5 rings (SSSR count). The van der Waals surface area contributed by atoms with Gasteiger partial charge in [-0.05, 0) is 41.8 Å². The molecule has 0 aliphatic rings. The van der Waals surface area contributed by atoms with Crippen molar-refractivity contribution in [3.8, 4) is 11.5 Å². The molecule has 0 bridgehead atoms. The van der Waals surface area contributed by atoms with E-state index in [2.05, 4.69) is 20.5 Å². The summed E-state index contributed by atoms with van der Waals surface area (Å²) in [7, 11) is -8.99. The Balaban J connectivity index is 0.00000242. The predicted molar refractivity (Wildman–Crippen MR) is 141 cm³/mol. The van der Waals surface area contributed by atoms with Gasteiger partial charge in [-0.2, -0.15) is 27.1 Å². The molecule has 5 aromatic carbocycles. The Bertz CT molecular complexity index is 2110. The van der Waals surface area contributed by atoms with Crippen LogP contribution in [0.1, 0.15) is 0 Å². The van der Waals surface area contributed by atoms with Crippen LogP contribution in [0.2, 0.25) is 0 Å². The van der Waals surface area contributed by atoms with Crippen LogP contribution < -0.4 is 69.3 Å². The molecule has 2 N–H and O–H groups in total. The molecule has 0 heterocycles. The minimum absolute atomic E-state index is 0. The molecule has 42 heavy (non-hydrogen) atoms. The Morgan fingerprint density at radius 2 is 1.19 bits per heavy atom. The van der Waals surface area contributed by atoms with E-state index in [1.54, 1.807) is 24.3 Å². The maximum Gasteiger partial charge on any atom is 1.00 e. The molecule has 0 atom stereocenters. The first-order chi connectivity index (χ1) is 18.9. The van der Waals surface area contributed by atoms with Crippen molar-refractivity contribution >= 4 is 64.5 Å². The van der Waals surface area contributed by atoms with Crippen LogP contribution in [0.5, 0.6) is 11.5 Å². The van der Waals surface area contributed by atoms with Gasteiger partial charge in [-0.25, -0.2) is 0 Å². The summed E-state index contributed by atoms with van der Waals surface area (Å²) >= 11 is 0. The fourth-order valence-electron chi connectivity index (χ4n) is 3.98. The van der Waals surface area contributed by atoms with Crippen molar-refractivity contribution in [2.45, 2.75) is 9.79 Å². The third kappa shape index (κ3) is 7.06. The smallest absolute Gasteiger partial charge is 0.871 e. The van der Waals surface area contributed by atoms with Crippen LogP contribution in [0.3, 0.4) is 0 Å². The zero-order chi connectivity index (χ0) is 28.7. The van der Waals surface area contributed by atoms with E-state index in [0.29, 0.717) is 16.2 Å². The number of rotatable bonds is 6. The number of hydrogen-bond acceptors (Lipinski definition) is 10. The van der Waals surface area contributed by atoms with Crippen molar-refractivity contribution in [3.63, 3.8) is 0 Å². The molecule has 0 fully saturated rings. The number of azo groups is 2. The maximum atomic E-state index is 13.0. The summed E-state index contributed by atoms with van der Waals surface area (Å²) in [4.78, 5) is -0.682. The fraction of sp³-hybridized carbons (Fsp3) is 0. The number of nitrogens with zero attached hydrogens (tertiary/aromatic N) is 4. The maximum absolute atomic E-state index is 13.0. The van der Waals surface area contributed by atoms with Crippen LogP contribution in [0.25, 0.3) is 21.5 Å². The normalized spacial score (nSPS) is 12.0. The molecule has 12 nitrogen and oxygen atoms in total. The van der Waals surface area contributed by atoms with Crippen molar-refractivity contribution in [1.82, 2.24) is 0 Å². The first kappa shape index (κ1) is 33.7. The van der Waals surface area contributed by atoms with E-state index in [0.717, 1.165) is 18.2 Å². The van der Waals surface area contributed by atoms with Gasteiger partial charge in [0.15, 0.2) is 0 Å². The summed E-state index contributed by atoms with van der Waals surface area (Å²) in [5.41, 5.74) is -0.476. The van der Waals surface area contributed by atoms with E-state index in [1.807, 2.05) is 0 Å². The van der Waals surface area contributed by atoms with Crippen LogP contribution >= 0.6 is 0 Å². The van der Waals surface area contributed by atoms with E-state index in [9.17, 15) is 36.2 Å². The van der Waals surface area contributed by atoms with Crippen molar-refractivity contribution in [2.24, 2.45) is 20.5 Å². The van der Waals surface area contributed by atoms with Crippen molar-refractivity contribution in [2.75, 3.05) is 0 Å². The van der Waals surface area contributed by atoms with E-state index in [-0.39, 0.29) is 91.4 Å². The van der Waals surface area contributed by atoms with Gasteiger partial charge < -0.3 is 10.2 Å². The molecular weight excluding hydrogens is 606 g/mol. The Kier molecular flexibility index (Phi) is 10.7. The monoisotopic (exact) mass is 622 g/mol. The molecule has 0 saturated carbocycles. The molecule has 0 amide bonds. The molecule has 5 aromatic rings. The van der Waals surface area contributed by atoms with Gasteiger partial charge in [-0.15, -0.1) is 10.2 Å². The van der Waals surface area contributed by atoms with Gasteiger partial charge in [-0.1, -0.05) is 60.0 Å². The van der Waals surface area contributed by atoms with Crippen LogP contribution in [0.15, 0.2) is 115 Å². The summed E-state index contributed by atoms with van der Waals surface area (Å²) in [6.45, 7) is 0. The Labute approximate surface area is 283 Å². The van der Waals surface area contributed by atoms with Crippen LogP contribution in [0.4, 0.5) is 22.7 Å². The molecule has 16 heteroatoms. The summed E-state index contributed by atoms with van der Waals surface area (Å²) in [5.74, 6) is -1.62. The zero-order valence-electron chi connectivity index (χ0n) is 22.0.